The first kappa shape index (κ1) is 16.3. The number of phenols is 1. The lowest BCUT2D eigenvalue weighted by molar-refractivity contribution is -0.141. The third-order valence-electron chi connectivity index (χ3n) is 2.07. The standard InChI is InChI=1S/C10H11Cl2NO3.ClH/c1-16-9(14)4-8(13)6-2-5(11)3-7(12)10(6)15;/h2-3,8,15H,4,13H2,1H3;1H/t8-;/m1./s1. The molecule has 0 aromatic heterocycles. The Labute approximate surface area is 115 Å². The number of esters is 1. The Balaban J connectivity index is 0.00000256. The fourth-order valence-corrected chi connectivity index (χ4v) is 1.75. The molecule has 0 unspecified atom stereocenters. The Morgan fingerprint density at radius 1 is 1.53 bits per heavy atom. The van der Waals surface area contributed by atoms with Gasteiger partial charge in [-0.2, -0.15) is 0 Å². The summed E-state index contributed by atoms with van der Waals surface area (Å²) in [6.45, 7) is 0. The van der Waals surface area contributed by atoms with E-state index in [-0.39, 0.29) is 29.6 Å². The number of ether oxygens (including phenoxy) is 1. The van der Waals surface area contributed by atoms with Crippen molar-refractivity contribution in [1.29, 1.82) is 0 Å². The first-order valence-electron chi connectivity index (χ1n) is 4.46. The van der Waals surface area contributed by atoms with Crippen molar-refractivity contribution in [3.8, 4) is 5.75 Å². The van der Waals surface area contributed by atoms with E-state index in [9.17, 15) is 9.90 Å². The van der Waals surface area contributed by atoms with Crippen molar-refractivity contribution in [3.63, 3.8) is 0 Å². The molecule has 0 bridgehead atoms. The fraction of sp³-hybridized carbons (Fsp3) is 0.300. The van der Waals surface area contributed by atoms with E-state index >= 15 is 0 Å². The van der Waals surface area contributed by atoms with Gasteiger partial charge in [0.1, 0.15) is 5.75 Å². The van der Waals surface area contributed by atoms with E-state index < -0.39 is 12.0 Å². The Morgan fingerprint density at radius 2 is 2.12 bits per heavy atom. The van der Waals surface area contributed by atoms with Crippen molar-refractivity contribution in [2.24, 2.45) is 5.73 Å². The molecular weight excluding hydrogens is 288 g/mol. The molecule has 3 N–H and O–H groups in total. The number of benzene rings is 1. The lowest BCUT2D eigenvalue weighted by Gasteiger charge is -2.13. The van der Waals surface area contributed by atoms with Gasteiger partial charge in [0.05, 0.1) is 18.6 Å². The van der Waals surface area contributed by atoms with Gasteiger partial charge in [-0.25, -0.2) is 0 Å². The van der Waals surface area contributed by atoms with Crippen LogP contribution in [0.1, 0.15) is 18.0 Å². The van der Waals surface area contributed by atoms with Crippen molar-refractivity contribution in [1.82, 2.24) is 0 Å². The van der Waals surface area contributed by atoms with Crippen LogP contribution in [0.3, 0.4) is 0 Å². The van der Waals surface area contributed by atoms with Crippen molar-refractivity contribution < 1.29 is 14.6 Å². The Hall–Kier alpha value is -0.680. The number of rotatable bonds is 3. The first-order chi connectivity index (χ1) is 7.45. The third kappa shape index (κ3) is 4.24. The number of nitrogens with two attached hydrogens (primary N) is 1. The lowest BCUT2D eigenvalue weighted by atomic mass is 10.0. The highest BCUT2D eigenvalue weighted by Crippen LogP contribution is 2.35. The minimum Gasteiger partial charge on any atom is -0.506 e. The van der Waals surface area contributed by atoms with Crippen LogP contribution >= 0.6 is 35.6 Å². The van der Waals surface area contributed by atoms with E-state index in [0.717, 1.165) is 0 Å². The molecule has 0 amide bonds. The minimum atomic E-state index is -0.705. The van der Waals surface area contributed by atoms with Crippen molar-refractivity contribution in [3.05, 3.63) is 27.7 Å². The number of carbonyl (C=O) groups excluding carboxylic acids is 1. The highest BCUT2D eigenvalue weighted by Gasteiger charge is 2.18. The maximum atomic E-state index is 11.0. The molecule has 1 aromatic carbocycles. The van der Waals surface area contributed by atoms with Crippen molar-refractivity contribution in [2.45, 2.75) is 12.5 Å². The van der Waals surface area contributed by atoms with E-state index in [1.165, 1.54) is 19.2 Å². The average Bonchev–Trinajstić information content (AvgIpc) is 2.22. The topological polar surface area (TPSA) is 72.5 Å². The molecule has 96 valence electrons. The zero-order chi connectivity index (χ0) is 12.3. The van der Waals surface area contributed by atoms with Crippen LogP contribution in [0, 0.1) is 0 Å². The SMILES string of the molecule is COC(=O)C[C@@H](N)c1cc(Cl)cc(Cl)c1O.Cl. The number of hydrogen-bond donors (Lipinski definition) is 2. The van der Waals surface area contributed by atoms with E-state index in [1.807, 2.05) is 0 Å². The summed E-state index contributed by atoms with van der Waals surface area (Å²) < 4.78 is 4.48. The summed E-state index contributed by atoms with van der Waals surface area (Å²) in [7, 11) is 1.26. The predicted molar refractivity (Wildman–Crippen MR) is 68.9 cm³/mol. The zero-order valence-corrected chi connectivity index (χ0v) is 11.3. The van der Waals surface area contributed by atoms with Gasteiger partial charge in [0.25, 0.3) is 0 Å². The summed E-state index contributed by atoms with van der Waals surface area (Å²) in [6.07, 6.45) is -0.0548. The summed E-state index contributed by atoms with van der Waals surface area (Å²) in [4.78, 5) is 11.0. The van der Waals surface area contributed by atoms with Gasteiger partial charge in [-0.05, 0) is 12.1 Å². The van der Waals surface area contributed by atoms with Crippen LogP contribution in [0.2, 0.25) is 10.0 Å². The molecule has 0 saturated heterocycles. The van der Waals surface area contributed by atoms with E-state index in [4.69, 9.17) is 28.9 Å². The Morgan fingerprint density at radius 3 is 2.65 bits per heavy atom. The third-order valence-corrected chi connectivity index (χ3v) is 2.58. The van der Waals surface area contributed by atoms with E-state index in [1.54, 1.807) is 0 Å². The van der Waals surface area contributed by atoms with E-state index in [0.29, 0.717) is 10.6 Å². The largest absolute Gasteiger partial charge is 0.506 e. The van der Waals surface area contributed by atoms with Gasteiger partial charge in [-0.15, -0.1) is 12.4 Å². The van der Waals surface area contributed by atoms with Crippen LogP contribution in [-0.2, 0) is 9.53 Å². The predicted octanol–water partition coefficient (Wildman–Crippen LogP) is 2.68. The number of carbonyl (C=O) groups is 1. The molecule has 0 saturated carbocycles. The van der Waals surface area contributed by atoms with Crippen molar-refractivity contribution >= 4 is 41.6 Å². The molecule has 17 heavy (non-hydrogen) atoms. The maximum absolute atomic E-state index is 11.0. The molecule has 0 aliphatic rings. The minimum absolute atomic E-state index is 0. The van der Waals surface area contributed by atoms with E-state index in [2.05, 4.69) is 4.74 Å². The van der Waals surface area contributed by atoms with Gasteiger partial charge in [0.2, 0.25) is 0 Å². The lowest BCUT2D eigenvalue weighted by Crippen LogP contribution is -2.16. The molecule has 0 fully saturated rings. The second-order valence-corrected chi connectivity index (χ2v) is 4.06. The number of aromatic hydroxyl groups is 1. The van der Waals surface area contributed by atoms with Crippen LogP contribution in [0.15, 0.2) is 12.1 Å². The summed E-state index contributed by atoms with van der Waals surface area (Å²) in [5, 5.41) is 10.1. The molecule has 0 spiro atoms. The second kappa shape index (κ2) is 6.91. The van der Waals surface area contributed by atoms with Crippen LogP contribution in [0.5, 0.6) is 5.75 Å². The van der Waals surface area contributed by atoms with Crippen molar-refractivity contribution in [2.75, 3.05) is 7.11 Å². The highest BCUT2D eigenvalue weighted by atomic mass is 35.5. The van der Waals surface area contributed by atoms with Crippen LogP contribution < -0.4 is 5.73 Å². The fourth-order valence-electron chi connectivity index (χ4n) is 1.24. The van der Waals surface area contributed by atoms with Gasteiger partial charge < -0.3 is 15.6 Å². The summed E-state index contributed by atoms with van der Waals surface area (Å²) in [5.41, 5.74) is 6.05. The molecule has 0 heterocycles. The highest BCUT2D eigenvalue weighted by molar-refractivity contribution is 6.35. The maximum Gasteiger partial charge on any atom is 0.307 e. The molecule has 1 rings (SSSR count). The number of phenolic OH excluding ortho intramolecular Hbond substituents is 1. The smallest absolute Gasteiger partial charge is 0.307 e. The molecular formula is C10H12Cl3NO3. The Bertz CT molecular complexity index is 412. The quantitative estimate of drug-likeness (QED) is 0.842. The molecule has 1 aromatic rings. The van der Waals surface area contributed by atoms with Crippen LogP contribution in [-0.4, -0.2) is 18.2 Å². The summed E-state index contributed by atoms with van der Waals surface area (Å²) in [6, 6.07) is 2.16. The molecule has 0 radical (unpaired) electrons. The number of halogens is 3. The number of hydrogen-bond acceptors (Lipinski definition) is 4. The summed E-state index contributed by atoms with van der Waals surface area (Å²) >= 11 is 11.5. The second-order valence-electron chi connectivity index (χ2n) is 3.21. The average molecular weight is 301 g/mol. The zero-order valence-electron chi connectivity index (χ0n) is 8.94. The first-order valence-corrected chi connectivity index (χ1v) is 5.21. The van der Waals surface area contributed by atoms with Gasteiger partial charge in [-0.1, -0.05) is 23.2 Å². The normalized spacial score (nSPS) is 11.5. The molecule has 0 aliphatic heterocycles. The van der Waals surface area contributed by atoms with Crippen LogP contribution in [0.4, 0.5) is 0 Å². The molecule has 4 nitrogen and oxygen atoms in total. The molecule has 0 aliphatic carbocycles. The number of methoxy groups -OCH3 is 1. The van der Waals surface area contributed by atoms with Gasteiger partial charge in [0.15, 0.2) is 0 Å². The van der Waals surface area contributed by atoms with Gasteiger partial charge in [-0.3, -0.25) is 4.79 Å². The van der Waals surface area contributed by atoms with Gasteiger partial charge >= 0.3 is 5.97 Å². The molecule has 1 atom stereocenters. The van der Waals surface area contributed by atoms with Gasteiger partial charge in [0, 0.05) is 16.6 Å². The monoisotopic (exact) mass is 299 g/mol. The Kier molecular flexibility index (Phi) is 6.64. The summed E-state index contributed by atoms with van der Waals surface area (Å²) in [5.74, 6) is -0.634. The van der Waals surface area contributed by atoms with Crippen LogP contribution in [0.25, 0.3) is 0 Å². The molecule has 7 heteroatoms.